The van der Waals surface area contributed by atoms with Gasteiger partial charge in [-0.2, -0.15) is 5.26 Å². The van der Waals surface area contributed by atoms with Crippen molar-refractivity contribution in [1.29, 1.82) is 5.26 Å². The average molecular weight is 219 g/mol. The summed E-state index contributed by atoms with van der Waals surface area (Å²) >= 11 is 0. The first-order valence-corrected chi connectivity index (χ1v) is 5.59. The molecule has 0 fully saturated rings. The van der Waals surface area contributed by atoms with Crippen molar-refractivity contribution in [2.75, 3.05) is 34.8 Å². The van der Waals surface area contributed by atoms with Crippen LogP contribution in [0.3, 0.4) is 0 Å². The second-order valence-corrected chi connectivity index (χ2v) is 4.64. The molecule has 0 saturated heterocycles. The van der Waals surface area contributed by atoms with Gasteiger partial charge in [0.15, 0.2) is 0 Å². The van der Waals surface area contributed by atoms with Crippen molar-refractivity contribution in [3.63, 3.8) is 0 Å². The van der Waals surface area contributed by atoms with E-state index in [1.54, 1.807) is 0 Å². The highest BCUT2D eigenvalue weighted by Crippen LogP contribution is 2.39. The zero-order chi connectivity index (χ0) is 11.1. The zero-order valence-electron chi connectivity index (χ0n) is 9.14. The Morgan fingerprint density at radius 2 is 1.86 bits per heavy atom. The van der Waals surface area contributed by atoms with E-state index in [9.17, 15) is 4.89 Å². The molecule has 1 N–H and O–H groups in total. The van der Waals surface area contributed by atoms with Crippen LogP contribution in [0.1, 0.15) is 6.42 Å². The molecule has 82 valence electrons. The summed E-state index contributed by atoms with van der Waals surface area (Å²) in [5, 5.41) is 8.31. The highest BCUT2D eigenvalue weighted by atomic mass is 31.2. The lowest BCUT2D eigenvalue weighted by Gasteiger charge is -2.32. The van der Waals surface area contributed by atoms with E-state index in [2.05, 4.69) is 0 Å². The molecule has 14 heavy (non-hydrogen) atoms. The van der Waals surface area contributed by atoms with Gasteiger partial charge >= 0.3 is 0 Å². The van der Waals surface area contributed by atoms with E-state index in [1.807, 2.05) is 44.1 Å². The zero-order valence-corrected chi connectivity index (χ0v) is 10.0. The van der Waals surface area contributed by atoms with E-state index in [-0.39, 0.29) is 12.5 Å². The van der Waals surface area contributed by atoms with E-state index in [4.69, 9.17) is 9.79 Å². The standard InChI is InChI=1S/C8H18N3O2P/c1-10(2)8(11(3)4)14(12)13-7-5-6-9/h8,12H,5,7H2,1-4H3. The van der Waals surface area contributed by atoms with Gasteiger partial charge in [-0.25, -0.2) is 0 Å². The topological polar surface area (TPSA) is 59.7 Å². The summed E-state index contributed by atoms with van der Waals surface area (Å²) < 4.78 is 5.18. The molecule has 5 nitrogen and oxygen atoms in total. The Kier molecular flexibility index (Phi) is 6.98. The van der Waals surface area contributed by atoms with E-state index in [0.717, 1.165) is 0 Å². The molecule has 0 aromatic rings. The molecular weight excluding hydrogens is 201 g/mol. The van der Waals surface area contributed by atoms with Gasteiger partial charge in [0.25, 0.3) is 0 Å². The molecule has 0 amide bonds. The van der Waals surface area contributed by atoms with E-state index in [1.165, 1.54) is 0 Å². The second-order valence-electron chi connectivity index (χ2n) is 3.32. The third-order valence-electron chi connectivity index (χ3n) is 1.56. The van der Waals surface area contributed by atoms with E-state index in [0.29, 0.717) is 6.42 Å². The molecule has 6 heteroatoms. The fourth-order valence-electron chi connectivity index (χ4n) is 1.11. The summed E-state index contributed by atoms with van der Waals surface area (Å²) in [6, 6.07) is 1.97. The molecule has 0 aliphatic rings. The first kappa shape index (κ1) is 13.8. The van der Waals surface area contributed by atoms with Crippen molar-refractivity contribution < 1.29 is 9.42 Å². The third-order valence-corrected chi connectivity index (χ3v) is 3.32. The summed E-state index contributed by atoms with van der Waals surface area (Å²) in [6.45, 7) is 0.289. The molecule has 1 unspecified atom stereocenters. The molecule has 0 aliphatic carbocycles. The van der Waals surface area contributed by atoms with Crippen LogP contribution >= 0.6 is 8.38 Å². The van der Waals surface area contributed by atoms with Crippen molar-refractivity contribution in [2.45, 2.75) is 12.3 Å². The molecule has 0 rings (SSSR count). The average Bonchev–Trinajstić information content (AvgIpc) is 2.03. The number of rotatable bonds is 6. The minimum absolute atomic E-state index is 0.135. The summed E-state index contributed by atoms with van der Waals surface area (Å²) in [4.78, 5) is 13.5. The predicted octanol–water partition coefficient (Wildman–Crippen LogP) is 0.628. The Morgan fingerprint density at radius 1 is 1.36 bits per heavy atom. The number of nitriles is 1. The van der Waals surface area contributed by atoms with Crippen LogP contribution < -0.4 is 0 Å². The Hall–Kier alpha value is -0.240. The molecule has 0 saturated carbocycles. The van der Waals surface area contributed by atoms with Gasteiger partial charge in [-0.15, -0.1) is 0 Å². The van der Waals surface area contributed by atoms with Crippen molar-refractivity contribution in [2.24, 2.45) is 0 Å². The van der Waals surface area contributed by atoms with Gasteiger partial charge < -0.3 is 9.42 Å². The third kappa shape index (κ3) is 4.85. The predicted molar refractivity (Wildman–Crippen MR) is 56.5 cm³/mol. The number of hydrogen-bond donors (Lipinski definition) is 1. The van der Waals surface area contributed by atoms with Gasteiger partial charge in [0, 0.05) is 0 Å². The highest BCUT2D eigenvalue weighted by molar-refractivity contribution is 7.46. The van der Waals surface area contributed by atoms with Crippen LogP contribution in [0.15, 0.2) is 0 Å². The van der Waals surface area contributed by atoms with E-state index >= 15 is 0 Å². The van der Waals surface area contributed by atoms with Crippen molar-refractivity contribution in [3.8, 4) is 6.07 Å². The van der Waals surface area contributed by atoms with Gasteiger partial charge in [0.1, 0.15) is 5.91 Å². The molecular formula is C8H18N3O2P. The molecule has 0 aromatic heterocycles. The van der Waals surface area contributed by atoms with Crippen molar-refractivity contribution in [3.05, 3.63) is 0 Å². The fourth-order valence-corrected chi connectivity index (χ4v) is 2.31. The highest BCUT2D eigenvalue weighted by Gasteiger charge is 2.24. The molecule has 1 atom stereocenters. The van der Waals surface area contributed by atoms with Crippen LogP contribution in [0.5, 0.6) is 0 Å². The van der Waals surface area contributed by atoms with Crippen LogP contribution in [0, 0.1) is 11.3 Å². The van der Waals surface area contributed by atoms with Crippen LogP contribution in [0.25, 0.3) is 0 Å². The lowest BCUT2D eigenvalue weighted by molar-refractivity contribution is 0.168. The van der Waals surface area contributed by atoms with Gasteiger partial charge in [-0.1, -0.05) is 0 Å². The smallest absolute Gasteiger partial charge is 0.202 e. The monoisotopic (exact) mass is 219 g/mol. The van der Waals surface area contributed by atoms with Crippen LogP contribution in [-0.2, 0) is 4.52 Å². The summed E-state index contributed by atoms with van der Waals surface area (Å²) in [5.74, 6) is -0.135. The van der Waals surface area contributed by atoms with Crippen molar-refractivity contribution >= 4 is 8.38 Å². The van der Waals surface area contributed by atoms with Gasteiger partial charge in [-0.05, 0) is 28.2 Å². The van der Waals surface area contributed by atoms with Crippen LogP contribution in [0.2, 0.25) is 0 Å². The minimum atomic E-state index is -1.53. The molecule has 0 spiro atoms. The Labute approximate surface area is 86.8 Å². The Morgan fingerprint density at radius 3 is 2.21 bits per heavy atom. The van der Waals surface area contributed by atoms with Gasteiger partial charge in [0.2, 0.25) is 8.38 Å². The van der Waals surface area contributed by atoms with Crippen LogP contribution in [0.4, 0.5) is 0 Å². The Bertz CT molecular complexity index is 186. The molecule has 0 aliphatic heterocycles. The summed E-state index contributed by atoms with van der Waals surface area (Å²) in [7, 11) is 5.98. The molecule has 0 radical (unpaired) electrons. The largest absolute Gasteiger partial charge is 0.348 e. The maximum Gasteiger partial charge on any atom is 0.202 e. The molecule has 0 bridgehead atoms. The van der Waals surface area contributed by atoms with Gasteiger partial charge in [0.05, 0.1) is 19.1 Å². The maximum atomic E-state index is 9.73. The first-order chi connectivity index (χ1) is 6.50. The lowest BCUT2D eigenvalue weighted by atomic mass is 10.5. The fraction of sp³-hybridized carbons (Fsp3) is 0.875. The maximum absolute atomic E-state index is 9.73. The number of hydrogen-bond acceptors (Lipinski definition) is 5. The number of nitrogens with zero attached hydrogens (tertiary/aromatic N) is 3. The SMILES string of the molecule is CN(C)C(N(C)C)P(O)OCCC#N. The molecule has 0 heterocycles. The molecule has 0 aromatic carbocycles. The lowest BCUT2D eigenvalue weighted by Crippen LogP contribution is -2.39. The van der Waals surface area contributed by atoms with E-state index < -0.39 is 8.38 Å². The second kappa shape index (κ2) is 7.10. The summed E-state index contributed by atoms with van der Waals surface area (Å²) in [6.07, 6.45) is 0.312. The normalized spacial score (nSPS) is 13.6. The first-order valence-electron chi connectivity index (χ1n) is 4.31. The Balaban J connectivity index is 4.03. The summed E-state index contributed by atoms with van der Waals surface area (Å²) in [5.41, 5.74) is 0. The quantitative estimate of drug-likeness (QED) is 0.403. The van der Waals surface area contributed by atoms with Gasteiger partial charge in [-0.3, -0.25) is 9.80 Å². The van der Waals surface area contributed by atoms with Crippen molar-refractivity contribution in [1.82, 2.24) is 9.80 Å². The van der Waals surface area contributed by atoms with Crippen LogP contribution in [-0.4, -0.2) is 55.4 Å². The minimum Gasteiger partial charge on any atom is -0.348 e.